The maximum absolute atomic E-state index is 12.0. The third-order valence-electron chi connectivity index (χ3n) is 3.15. The van der Waals surface area contributed by atoms with E-state index in [-0.39, 0.29) is 24.6 Å². The number of hydrogen-bond acceptors (Lipinski definition) is 5. The van der Waals surface area contributed by atoms with E-state index in [2.05, 4.69) is 26.6 Å². The Morgan fingerprint density at radius 2 is 1.46 bits per heavy atom. The first-order chi connectivity index (χ1) is 11.4. The van der Waals surface area contributed by atoms with Crippen LogP contribution in [0.3, 0.4) is 0 Å². The predicted molar refractivity (Wildman–Crippen MR) is 90.2 cm³/mol. The third kappa shape index (κ3) is 4.17. The number of amides is 2. The van der Waals surface area contributed by atoms with E-state index in [9.17, 15) is 24.9 Å². The van der Waals surface area contributed by atoms with Crippen molar-refractivity contribution >= 4 is 27.7 Å². The van der Waals surface area contributed by atoms with Crippen molar-refractivity contribution in [3.8, 4) is 17.2 Å². The summed E-state index contributed by atoms with van der Waals surface area (Å²) < 4.78 is 0.668. The molecule has 0 heterocycles. The molecule has 0 spiro atoms. The van der Waals surface area contributed by atoms with Crippen molar-refractivity contribution in [3.63, 3.8) is 0 Å². The summed E-state index contributed by atoms with van der Waals surface area (Å²) in [6.07, 6.45) is 0. The largest absolute Gasteiger partial charge is 0.504 e. The van der Waals surface area contributed by atoms with Gasteiger partial charge in [0.15, 0.2) is 17.2 Å². The topological polar surface area (TPSA) is 119 Å². The first-order valence-electron chi connectivity index (χ1n) is 6.96. The van der Waals surface area contributed by atoms with Crippen molar-refractivity contribution in [1.29, 1.82) is 0 Å². The van der Waals surface area contributed by atoms with Crippen LogP contribution in [0, 0.1) is 0 Å². The highest BCUT2D eigenvalue weighted by Crippen LogP contribution is 2.35. The van der Waals surface area contributed by atoms with Gasteiger partial charge in [0.25, 0.3) is 11.8 Å². The smallest absolute Gasteiger partial charge is 0.252 e. The Labute approximate surface area is 146 Å². The Bertz CT molecular complexity index is 756. The van der Waals surface area contributed by atoms with E-state index in [1.165, 1.54) is 0 Å². The molecule has 0 bridgehead atoms. The second-order valence-electron chi connectivity index (χ2n) is 4.85. The molecule has 2 amide bonds. The van der Waals surface area contributed by atoms with Gasteiger partial charge in [0, 0.05) is 23.1 Å². The van der Waals surface area contributed by atoms with Crippen molar-refractivity contribution < 1.29 is 24.9 Å². The van der Waals surface area contributed by atoms with Crippen LogP contribution < -0.4 is 10.6 Å². The van der Waals surface area contributed by atoms with Crippen LogP contribution in [-0.4, -0.2) is 40.2 Å². The van der Waals surface area contributed by atoms with Crippen LogP contribution >= 0.6 is 15.9 Å². The molecule has 5 N–H and O–H groups in total. The number of aromatic hydroxyl groups is 3. The zero-order valence-electron chi connectivity index (χ0n) is 12.4. The lowest BCUT2D eigenvalue weighted by atomic mass is 10.1. The van der Waals surface area contributed by atoms with Gasteiger partial charge in [-0.05, 0) is 40.2 Å². The van der Waals surface area contributed by atoms with Gasteiger partial charge in [-0.3, -0.25) is 9.59 Å². The molecule has 0 aliphatic carbocycles. The highest BCUT2D eigenvalue weighted by molar-refractivity contribution is 9.10. The quantitative estimate of drug-likeness (QED) is 0.390. The number of carbonyl (C=O) groups excluding carboxylic acids is 2. The maximum Gasteiger partial charge on any atom is 0.252 e. The Kier molecular flexibility index (Phi) is 5.64. The number of benzene rings is 2. The molecule has 8 heteroatoms. The minimum atomic E-state index is -0.688. The van der Waals surface area contributed by atoms with E-state index in [0.29, 0.717) is 10.0 Å². The zero-order valence-corrected chi connectivity index (χ0v) is 14.0. The van der Waals surface area contributed by atoms with Gasteiger partial charge in [-0.25, -0.2) is 0 Å². The monoisotopic (exact) mass is 394 g/mol. The lowest BCUT2D eigenvalue weighted by Crippen LogP contribution is -2.34. The van der Waals surface area contributed by atoms with Crippen LogP contribution in [0.2, 0.25) is 0 Å². The van der Waals surface area contributed by atoms with E-state index >= 15 is 0 Å². The van der Waals surface area contributed by atoms with Crippen molar-refractivity contribution in [2.45, 2.75) is 0 Å². The second-order valence-corrected chi connectivity index (χ2v) is 5.71. The molecule has 0 radical (unpaired) electrons. The van der Waals surface area contributed by atoms with Gasteiger partial charge in [0.2, 0.25) is 0 Å². The van der Waals surface area contributed by atoms with Crippen LogP contribution in [0.25, 0.3) is 0 Å². The van der Waals surface area contributed by atoms with Gasteiger partial charge in [0.1, 0.15) is 0 Å². The molecule has 0 atom stereocenters. The van der Waals surface area contributed by atoms with Gasteiger partial charge in [-0.2, -0.15) is 0 Å². The average molecular weight is 395 g/mol. The van der Waals surface area contributed by atoms with E-state index in [4.69, 9.17) is 0 Å². The van der Waals surface area contributed by atoms with E-state index in [0.717, 1.165) is 12.1 Å². The van der Waals surface area contributed by atoms with Crippen LogP contribution in [0.1, 0.15) is 20.7 Å². The van der Waals surface area contributed by atoms with Crippen molar-refractivity contribution in [2.24, 2.45) is 0 Å². The van der Waals surface area contributed by atoms with E-state index in [1.54, 1.807) is 24.3 Å². The van der Waals surface area contributed by atoms with Crippen molar-refractivity contribution in [3.05, 3.63) is 52.0 Å². The summed E-state index contributed by atoms with van der Waals surface area (Å²) in [5.74, 6) is -2.72. The Balaban J connectivity index is 1.85. The average Bonchev–Trinajstić information content (AvgIpc) is 2.56. The fourth-order valence-corrected chi connectivity index (χ4v) is 2.39. The summed E-state index contributed by atoms with van der Waals surface area (Å²) in [6, 6.07) is 9.02. The molecular formula is C16H15BrN2O5. The van der Waals surface area contributed by atoms with E-state index < -0.39 is 23.2 Å². The number of rotatable bonds is 5. The SMILES string of the molecule is O=C(NCCNC(=O)c1ccccc1Br)c1cc(O)c(O)c(O)c1. The molecular weight excluding hydrogens is 380 g/mol. The minimum absolute atomic E-state index is 0.0140. The number of carbonyl (C=O) groups is 2. The summed E-state index contributed by atoms with van der Waals surface area (Å²) >= 11 is 3.28. The molecule has 2 aromatic carbocycles. The number of halogens is 1. The molecule has 0 saturated carbocycles. The van der Waals surface area contributed by atoms with Crippen LogP contribution in [0.15, 0.2) is 40.9 Å². The minimum Gasteiger partial charge on any atom is -0.504 e. The number of hydrogen-bond donors (Lipinski definition) is 5. The molecule has 0 aliphatic rings. The Morgan fingerprint density at radius 1 is 0.917 bits per heavy atom. The molecule has 24 heavy (non-hydrogen) atoms. The summed E-state index contributed by atoms with van der Waals surface area (Å²) in [6.45, 7) is 0.347. The van der Waals surface area contributed by atoms with Crippen molar-refractivity contribution in [1.82, 2.24) is 10.6 Å². The fraction of sp³-hybridized carbons (Fsp3) is 0.125. The molecule has 7 nitrogen and oxygen atoms in total. The molecule has 126 valence electrons. The molecule has 0 fully saturated rings. The van der Waals surface area contributed by atoms with Gasteiger partial charge in [0.05, 0.1) is 5.56 Å². The summed E-state index contributed by atoms with van der Waals surface area (Å²) in [5.41, 5.74) is 0.470. The number of phenols is 3. The van der Waals surface area contributed by atoms with Crippen LogP contribution in [0.5, 0.6) is 17.2 Å². The number of phenolic OH excluding ortho intramolecular Hbond substituents is 3. The number of nitrogens with one attached hydrogen (secondary N) is 2. The normalized spacial score (nSPS) is 10.2. The van der Waals surface area contributed by atoms with Gasteiger partial charge in [-0.15, -0.1) is 0 Å². The molecule has 2 rings (SSSR count). The van der Waals surface area contributed by atoms with Gasteiger partial charge >= 0.3 is 0 Å². The van der Waals surface area contributed by atoms with Crippen LogP contribution in [0.4, 0.5) is 0 Å². The molecule has 0 aliphatic heterocycles. The van der Waals surface area contributed by atoms with E-state index in [1.807, 2.05) is 0 Å². The molecule has 2 aromatic rings. The molecule has 0 saturated heterocycles. The van der Waals surface area contributed by atoms with Crippen molar-refractivity contribution in [2.75, 3.05) is 13.1 Å². The highest BCUT2D eigenvalue weighted by Gasteiger charge is 2.13. The molecule has 0 aromatic heterocycles. The summed E-state index contributed by atoms with van der Waals surface area (Å²) in [5, 5.41) is 33.2. The maximum atomic E-state index is 12.0. The standard InChI is InChI=1S/C16H15BrN2O5/c17-11-4-2-1-3-10(11)16(24)19-6-5-18-15(23)9-7-12(20)14(22)13(21)8-9/h1-4,7-8,20-22H,5-6H2,(H,18,23)(H,19,24). The van der Waals surface area contributed by atoms with Crippen LogP contribution in [-0.2, 0) is 0 Å². The van der Waals surface area contributed by atoms with Gasteiger partial charge in [-0.1, -0.05) is 12.1 Å². The van der Waals surface area contributed by atoms with Gasteiger partial charge < -0.3 is 26.0 Å². The summed E-state index contributed by atoms with van der Waals surface area (Å²) in [7, 11) is 0. The summed E-state index contributed by atoms with van der Waals surface area (Å²) in [4.78, 5) is 23.9. The Hall–Kier alpha value is -2.74. The predicted octanol–water partition coefficient (Wildman–Crippen LogP) is 1.73. The second kappa shape index (κ2) is 7.69. The molecule has 0 unspecified atom stereocenters. The first-order valence-corrected chi connectivity index (χ1v) is 7.75. The first kappa shape index (κ1) is 17.6. The third-order valence-corrected chi connectivity index (χ3v) is 3.84. The highest BCUT2D eigenvalue weighted by atomic mass is 79.9. The lowest BCUT2D eigenvalue weighted by molar-refractivity contribution is 0.0927. The fourth-order valence-electron chi connectivity index (χ4n) is 1.93. The lowest BCUT2D eigenvalue weighted by Gasteiger charge is -2.09. The Morgan fingerprint density at radius 3 is 2.04 bits per heavy atom. The zero-order chi connectivity index (χ0) is 17.7.